The highest BCUT2D eigenvalue weighted by molar-refractivity contribution is 7.89. The maximum absolute atomic E-state index is 11.9. The summed E-state index contributed by atoms with van der Waals surface area (Å²) in [5.74, 6) is 1.37. The van der Waals surface area contributed by atoms with Gasteiger partial charge in [-0.15, -0.1) is 6.42 Å². The SMILES string of the molecule is C#CCNS(=O)(=O)c1cc(N)ccc1C(=O)OC. The highest BCUT2D eigenvalue weighted by atomic mass is 32.2. The summed E-state index contributed by atoms with van der Waals surface area (Å²) in [4.78, 5) is 11.2. The average Bonchev–Trinajstić information content (AvgIpc) is 2.35. The fraction of sp³-hybridized carbons (Fsp3) is 0.182. The van der Waals surface area contributed by atoms with Crippen molar-refractivity contribution in [3.63, 3.8) is 0 Å². The van der Waals surface area contributed by atoms with Crippen molar-refractivity contribution in [3.05, 3.63) is 23.8 Å². The van der Waals surface area contributed by atoms with Crippen LogP contribution >= 0.6 is 0 Å². The van der Waals surface area contributed by atoms with Gasteiger partial charge in [0.2, 0.25) is 10.0 Å². The van der Waals surface area contributed by atoms with E-state index in [1.54, 1.807) is 0 Å². The molecule has 0 atom stereocenters. The van der Waals surface area contributed by atoms with E-state index in [-0.39, 0.29) is 22.7 Å². The molecule has 96 valence electrons. The molecule has 18 heavy (non-hydrogen) atoms. The maximum atomic E-state index is 11.9. The lowest BCUT2D eigenvalue weighted by atomic mass is 10.2. The van der Waals surface area contributed by atoms with Gasteiger partial charge in [0.05, 0.1) is 24.1 Å². The predicted octanol–water partition coefficient (Wildman–Crippen LogP) is -0.0331. The first-order valence-electron chi connectivity index (χ1n) is 4.83. The molecule has 6 nitrogen and oxygen atoms in total. The molecule has 0 unspecified atom stereocenters. The van der Waals surface area contributed by atoms with Gasteiger partial charge in [-0.3, -0.25) is 0 Å². The minimum absolute atomic E-state index is 0.101. The summed E-state index contributed by atoms with van der Waals surface area (Å²) >= 11 is 0. The number of esters is 1. The quantitative estimate of drug-likeness (QED) is 0.454. The number of rotatable bonds is 4. The number of benzene rings is 1. The number of nitrogen functional groups attached to an aromatic ring is 1. The van der Waals surface area contributed by atoms with Crippen molar-refractivity contribution in [3.8, 4) is 12.3 Å². The fourth-order valence-corrected chi connectivity index (χ4v) is 2.42. The third-order valence-corrected chi connectivity index (χ3v) is 3.51. The molecule has 0 aliphatic carbocycles. The number of carbonyl (C=O) groups is 1. The second kappa shape index (κ2) is 5.53. The van der Waals surface area contributed by atoms with Crippen LogP contribution in [0.1, 0.15) is 10.4 Å². The zero-order valence-corrected chi connectivity index (χ0v) is 10.5. The van der Waals surface area contributed by atoms with Crippen LogP contribution in [0.4, 0.5) is 5.69 Å². The van der Waals surface area contributed by atoms with E-state index in [9.17, 15) is 13.2 Å². The standard InChI is InChI=1S/C11H12N2O4S/c1-3-6-13-18(15,16)10-7-8(12)4-5-9(10)11(14)17-2/h1,4-5,7,13H,6,12H2,2H3. The first kappa shape index (κ1) is 14.0. The molecule has 0 aliphatic rings. The first-order valence-corrected chi connectivity index (χ1v) is 6.31. The molecule has 0 bridgehead atoms. The molecule has 1 aromatic rings. The van der Waals surface area contributed by atoms with E-state index >= 15 is 0 Å². The Bertz CT molecular complexity index is 602. The number of hydrogen-bond donors (Lipinski definition) is 2. The van der Waals surface area contributed by atoms with Crippen LogP contribution < -0.4 is 10.5 Å². The van der Waals surface area contributed by atoms with E-state index in [0.29, 0.717) is 0 Å². The third kappa shape index (κ3) is 3.00. The molecule has 3 N–H and O–H groups in total. The molecule has 0 fully saturated rings. The van der Waals surface area contributed by atoms with Crippen LogP contribution in [-0.2, 0) is 14.8 Å². The minimum Gasteiger partial charge on any atom is -0.465 e. The van der Waals surface area contributed by atoms with Gasteiger partial charge in [0.15, 0.2) is 0 Å². The molecule has 0 amide bonds. The van der Waals surface area contributed by atoms with Gasteiger partial charge in [0, 0.05) is 5.69 Å². The monoisotopic (exact) mass is 268 g/mol. The molecule has 0 heterocycles. The molecule has 1 aromatic carbocycles. The van der Waals surface area contributed by atoms with Gasteiger partial charge in [0.1, 0.15) is 0 Å². The molecular weight excluding hydrogens is 256 g/mol. The van der Waals surface area contributed by atoms with Gasteiger partial charge < -0.3 is 10.5 Å². The third-order valence-electron chi connectivity index (χ3n) is 2.06. The van der Waals surface area contributed by atoms with Crippen molar-refractivity contribution < 1.29 is 17.9 Å². The maximum Gasteiger partial charge on any atom is 0.339 e. The number of nitrogens with two attached hydrogens (primary N) is 1. The number of carbonyl (C=O) groups excluding carboxylic acids is 1. The summed E-state index contributed by atoms with van der Waals surface area (Å²) in [5, 5.41) is 0. The lowest BCUT2D eigenvalue weighted by Gasteiger charge is -2.09. The van der Waals surface area contributed by atoms with Gasteiger partial charge in [0.25, 0.3) is 0 Å². The van der Waals surface area contributed by atoms with Gasteiger partial charge in [-0.25, -0.2) is 13.2 Å². The molecule has 0 aromatic heterocycles. The van der Waals surface area contributed by atoms with Crippen molar-refractivity contribution in [2.45, 2.75) is 4.90 Å². The van der Waals surface area contributed by atoms with E-state index in [1.807, 2.05) is 0 Å². The second-order valence-electron chi connectivity index (χ2n) is 3.28. The van der Waals surface area contributed by atoms with Crippen LogP contribution in [0.5, 0.6) is 0 Å². The summed E-state index contributed by atoms with van der Waals surface area (Å²) in [6, 6.07) is 3.86. The molecule has 0 aliphatic heterocycles. The van der Waals surface area contributed by atoms with Crippen molar-refractivity contribution in [2.75, 3.05) is 19.4 Å². The number of anilines is 1. The number of hydrogen-bond acceptors (Lipinski definition) is 5. The summed E-state index contributed by atoms with van der Waals surface area (Å²) in [7, 11) is -2.75. The Kier molecular flexibility index (Phi) is 4.31. The Morgan fingerprint density at radius 2 is 2.22 bits per heavy atom. The smallest absolute Gasteiger partial charge is 0.339 e. The molecule has 0 saturated carbocycles. The molecule has 0 spiro atoms. The van der Waals surface area contributed by atoms with Crippen LogP contribution in [0.2, 0.25) is 0 Å². The van der Waals surface area contributed by atoms with Crippen LogP contribution in [0.15, 0.2) is 23.1 Å². The van der Waals surface area contributed by atoms with Crippen molar-refractivity contribution in [1.29, 1.82) is 0 Å². The molecule has 7 heteroatoms. The van der Waals surface area contributed by atoms with E-state index in [1.165, 1.54) is 18.2 Å². The van der Waals surface area contributed by atoms with E-state index in [2.05, 4.69) is 15.4 Å². The average molecular weight is 268 g/mol. The van der Waals surface area contributed by atoms with Crippen molar-refractivity contribution >= 4 is 21.7 Å². The predicted molar refractivity (Wildman–Crippen MR) is 66.2 cm³/mol. The summed E-state index contributed by atoms with van der Waals surface area (Å²) in [6.45, 7) is -0.183. The van der Waals surface area contributed by atoms with Gasteiger partial charge in [-0.1, -0.05) is 5.92 Å². The first-order chi connectivity index (χ1) is 8.42. The Balaban J connectivity index is 3.34. The van der Waals surface area contributed by atoms with Gasteiger partial charge in [-0.05, 0) is 18.2 Å². The Morgan fingerprint density at radius 1 is 1.56 bits per heavy atom. The molecule has 0 radical (unpaired) electrons. The molecule has 0 saturated heterocycles. The number of sulfonamides is 1. The number of methoxy groups -OCH3 is 1. The van der Waals surface area contributed by atoms with Crippen LogP contribution in [0.3, 0.4) is 0 Å². The van der Waals surface area contributed by atoms with Crippen LogP contribution in [-0.4, -0.2) is 28.0 Å². The Labute approximate surface area is 105 Å². The summed E-state index contributed by atoms with van der Waals surface area (Å²) in [6.07, 6.45) is 4.97. The minimum atomic E-state index is -3.90. The zero-order valence-electron chi connectivity index (χ0n) is 9.64. The highest BCUT2D eigenvalue weighted by Crippen LogP contribution is 2.19. The number of terminal acetylenes is 1. The molecular formula is C11H12N2O4S. The van der Waals surface area contributed by atoms with Crippen molar-refractivity contribution in [1.82, 2.24) is 4.72 Å². The second-order valence-corrected chi connectivity index (χ2v) is 5.01. The zero-order chi connectivity index (χ0) is 13.8. The molecule has 1 rings (SSSR count). The van der Waals surface area contributed by atoms with Crippen LogP contribution in [0, 0.1) is 12.3 Å². The lowest BCUT2D eigenvalue weighted by molar-refractivity contribution is 0.0596. The fourth-order valence-electron chi connectivity index (χ4n) is 1.25. The Hall–Kier alpha value is -2.04. The van der Waals surface area contributed by atoms with E-state index in [4.69, 9.17) is 12.2 Å². The number of ether oxygens (including phenoxy) is 1. The topological polar surface area (TPSA) is 98.5 Å². The largest absolute Gasteiger partial charge is 0.465 e. The highest BCUT2D eigenvalue weighted by Gasteiger charge is 2.22. The van der Waals surface area contributed by atoms with E-state index in [0.717, 1.165) is 7.11 Å². The van der Waals surface area contributed by atoms with Gasteiger partial charge in [-0.2, -0.15) is 4.72 Å². The van der Waals surface area contributed by atoms with Crippen molar-refractivity contribution in [2.24, 2.45) is 0 Å². The van der Waals surface area contributed by atoms with Crippen LogP contribution in [0.25, 0.3) is 0 Å². The summed E-state index contributed by atoms with van der Waals surface area (Å²) < 4.78 is 30.5. The summed E-state index contributed by atoms with van der Waals surface area (Å²) in [5.41, 5.74) is 5.62. The lowest BCUT2D eigenvalue weighted by Crippen LogP contribution is -2.26. The Morgan fingerprint density at radius 3 is 2.78 bits per heavy atom. The normalized spacial score (nSPS) is 10.7. The van der Waals surface area contributed by atoms with E-state index < -0.39 is 16.0 Å². The number of nitrogens with one attached hydrogen (secondary N) is 1. The van der Waals surface area contributed by atoms with Gasteiger partial charge >= 0.3 is 5.97 Å².